The van der Waals surface area contributed by atoms with Crippen LogP contribution < -0.4 is 14.8 Å². The number of amides is 2. The van der Waals surface area contributed by atoms with E-state index in [0.717, 1.165) is 5.56 Å². The molecule has 3 N–H and O–H groups in total. The first kappa shape index (κ1) is 19.3. The number of carbonyl (C=O) groups excluding carboxylic acids is 2. The van der Waals surface area contributed by atoms with Gasteiger partial charge in [0.1, 0.15) is 0 Å². The van der Waals surface area contributed by atoms with Crippen molar-refractivity contribution in [3.63, 3.8) is 0 Å². The second-order valence-corrected chi connectivity index (χ2v) is 7.01. The maximum Gasteiger partial charge on any atom is 0.264 e. The standard InChI is InChI=1S/C21H19N3O3S/c1-15-7-9-17(10-8-15)21(26)24-28(27)23-19-13-11-18(12-14-19)22-20(25)16-5-3-2-4-6-16/h2-14,23H,1H3,(H,22,25)(H,24,26)/t28-/m0/s1. The predicted octanol–water partition coefficient (Wildman–Crippen LogP) is 3.67. The monoisotopic (exact) mass is 393 g/mol. The molecule has 0 aromatic heterocycles. The van der Waals surface area contributed by atoms with Crippen molar-refractivity contribution in [2.75, 3.05) is 10.0 Å². The molecular weight excluding hydrogens is 374 g/mol. The molecule has 1 atom stereocenters. The van der Waals surface area contributed by atoms with E-state index in [0.29, 0.717) is 22.5 Å². The maximum atomic E-state index is 12.1. The topological polar surface area (TPSA) is 87.3 Å². The Hall–Kier alpha value is -3.45. The van der Waals surface area contributed by atoms with Crippen LogP contribution >= 0.6 is 0 Å². The van der Waals surface area contributed by atoms with E-state index in [1.54, 1.807) is 60.7 Å². The van der Waals surface area contributed by atoms with Gasteiger partial charge in [-0.15, -0.1) is 0 Å². The normalized spacial score (nSPS) is 11.3. The Morgan fingerprint density at radius 1 is 0.714 bits per heavy atom. The fourth-order valence-electron chi connectivity index (χ4n) is 2.40. The van der Waals surface area contributed by atoms with Gasteiger partial charge in [-0.2, -0.15) is 0 Å². The van der Waals surface area contributed by atoms with Gasteiger partial charge >= 0.3 is 0 Å². The van der Waals surface area contributed by atoms with Gasteiger partial charge in [0.15, 0.2) is 0 Å². The third-order valence-corrected chi connectivity index (χ3v) is 4.68. The molecule has 0 spiro atoms. The molecule has 0 saturated carbocycles. The number of benzene rings is 3. The van der Waals surface area contributed by atoms with Gasteiger partial charge in [-0.1, -0.05) is 35.9 Å². The first-order valence-corrected chi connectivity index (χ1v) is 9.69. The van der Waals surface area contributed by atoms with Crippen molar-refractivity contribution >= 4 is 34.4 Å². The highest BCUT2D eigenvalue weighted by Gasteiger charge is 2.09. The Bertz CT molecular complexity index is 988. The zero-order valence-electron chi connectivity index (χ0n) is 15.1. The Morgan fingerprint density at radius 2 is 1.29 bits per heavy atom. The van der Waals surface area contributed by atoms with Crippen molar-refractivity contribution < 1.29 is 13.8 Å². The third-order valence-electron chi connectivity index (χ3n) is 3.89. The summed E-state index contributed by atoms with van der Waals surface area (Å²) < 4.78 is 17.2. The van der Waals surface area contributed by atoms with Crippen molar-refractivity contribution in [2.24, 2.45) is 0 Å². The molecule has 0 bridgehead atoms. The van der Waals surface area contributed by atoms with Crippen molar-refractivity contribution in [3.05, 3.63) is 95.6 Å². The van der Waals surface area contributed by atoms with Gasteiger partial charge in [-0.05, 0) is 55.5 Å². The predicted molar refractivity (Wildman–Crippen MR) is 111 cm³/mol. The highest BCUT2D eigenvalue weighted by Crippen LogP contribution is 2.15. The molecule has 0 aliphatic carbocycles. The van der Waals surface area contributed by atoms with Crippen molar-refractivity contribution in [1.82, 2.24) is 4.72 Å². The van der Waals surface area contributed by atoms with E-state index in [9.17, 15) is 13.8 Å². The summed E-state index contributed by atoms with van der Waals surface area (Å²) in [6.07, 6.45) is 0. The Morgan fingerprint density at radius 3 is 1.93 bits per heavy atom. The fourth-order valence-corrected chi connectivity index (χ4v) is 3.08. The van der Waals surface area contributed by atoms with E-state index in [2.05, 4.69) is 14.8 Å². The van der Waals surface area contributed by atoms with Crippen LogP contribution in [0.1, 0.15) is 26.3 Å². The van der Waals surface area contributed by atoms with Crippen LogP contribution in [-0.2, 0) is 11.2 Å². The smallest absolute Gasteiger partial charge is 0.264 e. The van der Waals surface area contributed by atoms with Crippen LogP contribution in [0.25, 0.3) is 0 Å². The van der Waals surface area contributed by atoms with Crippen LogP contribution in [-0.4, -0.2) is 16.0 Å². The van der Waals surface area contributed by atoms with Crippen molar-refractivity contribution in [3.8, 4) is 0 Å². The summed E-state index contributed by atoms with van der Waals surface area (Å²) in [6.45, 7) is 1.92. The van der Waals surface area contributed by atoms with Gasteiger partial charge in [-0.25, -0.2) is 4.21 Å². The largest absolute Gasteiger partial charge is 0.322 e. The van der Waals surface area contributed by atoms with Crippen LogP contribution in [0.5, 0.6) is 0 Å². The molecule has 0 aliphatic heterocycles. The average molecular weight is 393 g/mol. The van der Waals surface area contributed by atoms with Crippen LogP contribution in [0.4, 0.5) is 11.4 Å². The van der Waals surface area contributed by atoms with Gasteiger partial charge in [-0.3, -0.25) is 19.0 Å². The van der Waals surface area contributed by atoms with Gasteiger partial charge in [0.05, 0.1) is 0 Å². The number of hydrogen-bond donors (Lipinski definition) is 3. The van der Waals surface area contributed by atoms with Crippen molar-refractivity contribution in [2.45, 2.75) is 6.92 Å². The van der Waals surface area contributed by atoms with Gasteiger partial charge in [0.25, 0.3) is 11.8 Å². The summed E-state index contributed by atoms with van der Waals surface area (Å²) in [4.78, 5) is 24.2. The lowest BCUT2D eigenvalue weighted by Gasteiger charge is -2.09. The summed E-state index contributed by atoms with van der Waals surface area (Å²) in [7, 11) is 0. The Kier molecular flexibility index (Phi) is 6.18. The first-order valence-electron chi connectivity index (χ1n) is 8.54. The molecule has 142 valence electrons. The number of rotatable bonds is 6. The summed E-state index contributed by atoms with van der Waals surface area (Å²) in [5, 5.41) is 2.78. The van der Waals surface area contributed by atoms with E-state index in [4.69, 9.17) is 0 Å². The third kappa shape index (κ3) is 5.28. The van der Waals surface area contributed by atoms with Crippen molar-refractivity contribution in [1.29, 1.82) is 0 Å². The molecule has 3 aromatic carbocycles. The minimum Gasteiger partial charge on any atom is -0.322 e. The maximum absolute atomic E-state index is 12.1. The Balaban J connectivity index is 1.55. The van der Waals surface area contributed by atoms with Gasteiger partial charge in [0.2, 0.25) is 11.2 Å². The fraction of sp³-hybridized carbons (Fsp3) is 0.0476. The first-order chi connectivity index (χ1) is 13.5. The van der Waals surface area contributed by atoms with E-state index in [1.165, 1.54) is 0 Å². The molecule has 3 aromatic rings. The second-order valence-electron chi connectivity index (χ2n) is 6.07. The molecule has 6 nitrogen and oxygen atoms in total. The van der Waals surface area contributed by atoms with Crippen LogP contribution in [0.2, 0.25) is 0 Å². The van der Waals surface area contributed by atoms with Crippen LogP contribution in [0, 0.1) is 6.92 Å². The molecule has 2 amide bonds. The minimum atomic E-state index is -1.79. The molecular formula is C21H19N3O3S. The quantitative estimate of drug-likeness (QED) is 0.597. The summed E-state index contributed by atoms with van der Waals surface area (Å²) in [5.74, 6) is -0.646. The molecule has 0 aliphatic rings. The lowest BCUT2D eigenvalue weighted by atomic mass is 10.1. The molecule has 0 unspecified atom stereocenters. The lowest BCUT2D eigenvalue weighted by molar-refractivity contribution is 0.0981. The summed E-state index contributed by atoms with van der Waals surface area (Å²) >= 11 is -1.79. The van der Waals surface area contributed by atoms with Crippen LogP contribution in [0.15, 0.2) is 78.9 Å². The second kappa shape index (κ2) is 8.96. The van der Waals surface area contributed by atoms with Gasteiger partial charge in [0, 0.05) is 22.5 Å². The average Bonchev–Trinajstić information content (AvgIpc) is 2.70. The highest BCUT2D eigenvalue weighted by atomic mass is 32.2. The number of nitrogens with one attached hydrogen (secondary N) is 3. The number of aryl methyl sites for hydroxylation is 1. The molecule has 0 saturated heterocycles. The number of hydrogen-bond acceptors (Lipinski definition) is 3. The Labute approximate surface area is 165 Å². The number of carbonyl (C=O) groups is 2. The molecule has 28 heavy (non-hydrogen) atoms. The molecule has 7 heteroatoms. The van der Waals surface area contributed by atoms with E-state index in [1.807, 2.05) is 25.1 Å². The number of anilines is 2. The van der Waals surface area contributed by atoms with E-state index < -0.39 is 17.1 Å². The lowest BCUT2D eigenvalue weighted by Crippen LogP contribution is -2.29. The molecule has 0 radical (unpaired) electrons. The molecule has 0 fully saturated rings. The zero-order chi connectivity index (χ0) is 19.9. The van der Waals surface area contributed by atoms with Gasteiger partial charge < -0.3 is 5.32 Å². The summed E-state index contributed by atoms with van der Waals surface area (Å²) in [6, 6.07) is 22.5. The zero-order valence-corrected chi connectivity index (χ0v) is 16.0. The SMILES string of the molecule is Cc1ccc(C(=O)N[S@@](=O)Nc2ccc(NC(=O)c3ccccc3)cc2)cc1. The molecule has 0 heterocycles. The minimum absolute atomic E-state index is 0.213. The van der Waals surface area contributed by atoms with Crippen LogP contribution in [0.3, 0.4) is 0 Å². The molecule has 3 rings (SSSR count). The van der Waals surface area contributed by atoms with E-state index >= 15 is 0 Å². The van der Waals surface area contributed by atoms with E-state index in [-0.39, 0.29) is 5.91 Å². The summed E-state index contributed by atoms with van der Waals surface area (Å²) in [5.41, 5.74) is 3.17. The highest BCUT2D eigenvalue weighted by molar-refractivity contribution is 7.85.